The molecule has 1 aliphatic rings. The molecule has 0 aromatic rings. The van der Waals surface area contributed by atoms with E-state index in [-0.39, 0.29) is 17.8 Å². The Morgan fingerprint density at radius 1 is 1.59 bits per heavy atom. The van der Waals surface area contributed by atoms with E-state index in [1.165, 1.54) is 6.42 Å². The summed E-state index contributed by atoms with van der Waals surface area (Å²) in [7, 11) is 0. The molecule has 17 heavy (non-hydrogen) atoms. The van der Waals surface area contributed by atoms with Crippen LogP contribution in [-0.4, -0.2) is 23.0 Å². The molecule has 4 unspecified atom stereocenters. The van der Waals surface area contributed by atoms with E-state index in [0.717, 1.165) is 12.8 Å². The van der Waals surface area contributed by atoms with Gasteiger partial charge in [-0.2, -0.15) is 0 Å². The van der Waals surface area contributed by atoms with E-state index in [9.17, 15) is 4.79 Å². The lowest BCUT2D eigenvalue weighted by Crippen LogP contribution is -2.43. The highest BCUT2D eigenvalue weighted by Crippen LogP contribution is 2.33. The molecule has 1 fully saturated rings. The van der Waals surface area contributed by atoms with Gasteiger partial charge in [0.2, 0.25) is 5.91 Å². The first-order valence-corrected chi connectivity index (χ1v) is 6.29. The zero-order valence-corrected chi connectivity index (χ0v) is 10.8. The highest BCUT2D eigenvalue weighted by atomic mass is 16.4. The van der Waals surface area contributed by atoms with Crippen LogP contribution in [0.25, 0.3) is 0 Å². The molecule has 0 heterocycles. The molecule has 0 aliphatic heterocycles. The van der Waals surface area contributed by atoms with Crippen molar-refractivity contribution in [1.29, 1.82) is 0 Å². The van der Waals surface area contributed by atoms with Crippen molar-refractivity contribution in [3.05, 3.63) is 0 Å². The minimum atomic E-state index is -0.576. The molecule has 98 valence electrons. The van der Waals surface area contributed by atoms with Crippen LogP contribution in [0.2, 0.25) is 0 Å². The molecular weight excluding hydrogens is 218 g/mol. The molecule has 4 N–H and O–H groups in total. The molecule has 0 spiro atoms. The Kier molecular flexibility index (Phi) is 4.78. The van der Waals surface area contributed by atoms with Crippen LogP contribution in [0.5, 0.6) is 0 Å². The van der Waals surface area contributed by atoms with Crippen molar-refractivity contribution in [3.8, 4) is 0 Å². The lowest BCUT2D eigenvalue weighted by molar-refractivity contribution is -0.123. The van der Waals surface area contributed by atoms with Gasteiger partial charge in [-0.1, -0.05) is 25.4 Å². The SMILES string of the molecule is CCC1CCC(NC(=O)C(C)C(N)=NO)C1C. The summed E-state index contributed by atoms with van der Waals surface area (Å²) >= 11 is 0. The first-order valence-electron chi connectivity index (χ1n) is 6.29. The highest BCUT2D eigenvalue weighted by molar-refractivity contribution is 6.01. The van der Waals surface area contributed by atoms with E-state index >= 15 is 0 Å². The van der Waals surface area contributed by atoms with Crippen LogP contribution in [0, 0.1) is 17.8 Å². The van der Waals surface area contributed by atoms with Crippen LogP contribution < -0.4 is 11.1 Å². The second-order valence-electron chi connectivity index (χ2n) is 4.97. The average molecular weight is 241 g/mol. The topological polar surface area (TPSA) is 87.7 Å². The Labute approximate surface area is 102 Å². The smallest absolute Gasteiger partial charge is 0.230 e. The molecule has 1 rings (SSSR count). The molecule has 5 heteroatoms. The van der Waals surface area contributed by atoms with E-state index in [1.807, 2.05) is 0 Å². The van der Waals surface area contributed by atoms with Crippen molar-refractivity contribution < 1.29 is 10.0 Å². The summed E-state index contributed by atoms with van der Waals surface area (Å²) in [5, 5.41) is 14.4. The maximum Gasteiger partial charge on any atom is 0.230 e. The predicted octanol–water partition coefficient (Wildman–Crippen LogP) is 1.31. The van der Waals surface area contributed by atoms with Crippen LogP contribution in [0.1, 0.15) is 40.0 Å². The Balaban J connectivity index is 2.53. The maximum absolute atomic E-state index is 11.9. The molecule has 0 radical (unpaired) electrons. The van der Waals surface area contributed by atoms with Gasteiger partial charge in [-0.3, -0.25) is 4.79 Å². The van der Waals surface area contributed by atoms with Gasteiger partial charge in [0.05, 0.1) is 5.92 Å². The van der Waals surface area contributed by atoms with Gasteiger partial charge in [0.25, 0.3) is 0 Å². The molecule has 0 bridgehead atoms. The molecular formula is C12H23N3O2. The number of amidine groups is 1. The zero-order valence-electron chi connectivity index (χ0n) is 10.8. The summed E-state index contributed by atoms with van der Waals surface area (Å²) < 4.78 is 0. The van der Waals surface area contributed by atoms with Crippen molar-refractivity contribution in [2.45, 2.75) is 46.1 Å². The summed E-state index contributed by atoms with van der Waals surface area (Å²) in [6.07, 6.45) is 3.35. The number of amides is 1. The summed E-state index contributed by atoms with van der Waals surface area (Å²) in [5.41, 5.74) is 5.42. The van der Waals surface area contributed by atoms with Crippen molar-refractivity contribution in [2.24, 2.45) is 28.6 Å². The Morgan fingerprint density at radius 3 is 2.71 bits per heavy atom. The first kappa shape index (κ1) is 13.8. The molecule has 1 saturated carbocycles. The number of nitrogens with zero attached hydrogens (tertiary/aromatic N) is 1. The van der Waals surface area contributed by atoms with Crippen molar-refractivity contribution >= 4 is 11.7 Å². The number of carbonyl (C=O) groups excluding carboxylic acids is 1. The van der Waals surface area contributed by atoms with Gasteiger partial charge in [0, 0.05) is 6.04 Å². The van der Waals surface area contributed by atoms with E-state index in [0.29, 0.717) is 11.8 Å². The van der Waals surface area contributed by atoms with Gasteiger partial charge >= 0.3 is 0 Å². The fraction of sp³-hybridized carbons (Fsp3) is 0.833. The summed E-state index contributed by atoms with van der Waals surface area (Å²) in [6, 6.07) is 0.224. The molecule has 5 nitrogen and oxygen atoms in total. The van der Waals surface area contributed by atoms with Gasteiger partial charge in [0.1, 0.15) is 0 Å². The summed E-state index contributed by atoms with van der Waals surface area (Å²) in [6.45, 7) is 6.01. The monoisotopic (exact) mass is 241 g/mol. The number of rotatable bonds is 4. The molecule has 0 aromatic carbocycles. The van der Waals surface area contributed by atoms with Crippen molar-refractivity contribution in [1.82, 2.24) is 5.32 Å². The molecule has 4 atom stereocenters. The molecule has 1 amide bonds. The summed E-state index contributed by atoms with van der Waals surface area (Å²) in [4.78, 5) is 11.9. The minimum absolute atomic E-state index is 0.0415. The van der Waals surface area contributed by atoms with Crippen LogP contribution in [0.4, 0.5) is 0 Å². The number of nitrogens with two attached hydrogens (primary N) is 1. The Morgan fingerprint density at radius 2 is 2.24 bits per heavy atom. The fourth-order valence-electron chi connectivity index (χ4n) is 2.56. The standard InChI is InChI=1S/C12H23N3O2/c1-4-9-5-6-10(7(9)2)14-12(16)8(3)11(13)15-17/h7-10,17H,4-6H2,1-3H3,(H2,13,15)(H,14,16). The average Bonchev–Trinajstić information content (AvgIpc) is 2.68. The third-order valence-electron chi connectivity index (χ3n) is 4.03. The van der Waals surface area contributed by atoms with Gasteiger partial charge < -0.3 is 16.3 Å². The zero-order chi connectivity index (χ0) is 13.0. The number of nitrogens with one attached hydrogen (secondary N) is 1. The third-order valence-corrected chi connectivity index (χ3v) is 4.03. The third kappa shape index (κ3) is 3.11. The van der Waals surface area contributed by atoms with Gasteiger partial charge in [-0.25, -0.2) is 0 Å². The second kappa shape index (κ2) is 5.89. The lowest BCUT2D eigenvalue weighted by Gasteiger charge is -2.22. The van der Waals surface area contributed by atoms with Crippen LogP contribution in [0.15, 0.2) is 5.16 Å². The maximum atomic E-state index is 11.9. The minimum Gasteiger partial charge on any atom is -0.409 e. The lowest BCUT2D eigenvalue weighted by atomic mass is 9.93. The van der Waals surface area contributed by atoms with E-state index in [4.69, 9.17) is 10.9 Å². The quantitative estimate of drug-likeness (QED) is 0.300. The van der Waals surface area contributed by atoms with Gasteiger partial charge in [0.15, 0.2) is 5.84 Å². The number of carbonyl (C=O) groups is 1. The summed E-state index contributed by atoms with van der Waals surface area (Å²) in [5.74, 6) is 0.421. The number of hydrogen-bond acceptors (Lipinski definition) is 3. The van der Waals surface area contributed by atoms with Crippen molar-refractivity contribution in [3.63, 3.8) is 0 Å². The van der Waals surface area contributed by atoms with Gasteiger partial charge in [-0.05, 0) is 31.6 Å². The van der Waals surface area contributed by atoms with Crippen LogP contribution in [0.3, 0.4) is 0 Å². The Hall–Kier alpha value is -1.26. The molecule has 0 saturated heterocycles. The predicted molar refractivity (Wildman–Crippen MR) is 66.7 cm³/mol. The number of oxime groups is 1. The van der Waals surface area contributed by atoms with Gasteiger partial charge in [-0.15, -0.1) is 0 Å². The highest BCUT2D eigenvalue weighted by Gasteiger charge is 2.33. The molecule has 0 aromatic heterocycles. The number of hydrogen-bond donors (Lipinski definition) is 3. The normalized spacial score (nSPS) is 31.2. The fourth-order valence-corrected chi connectivity index (χ4v) is 2.56. The Bertz CT molecular complexity index is 304. The van der Waals surface area contributed by atoms with Crippen molar-refractivity contribution in [2.75, 3.05) is 0 Å². The second-order valence-corrected chi connectivity index (χ2v) is 4.97. The van der Waals surface area contributed by atoms with E-state index in [2.05, 4.69) is 24.3 Å². The first-order chi connectivity index (χ1) is 8.01. The van der Waals surface area contributed by atoms with Crippen LogP contribution >= 0.6 is 0 Å². The van der Waals surface area contributed by atoms with Crippen LogP contribution in [-0.2, 0) is 4.79 Å². The molecule has 1 aliphatic carbocycles. The van der Waals surface area contributed by atoms with E-state index in [1.54, 1.807) is 6.92 Å². The largest absolute Gasteiger partial charge is 0.409 e. The van der Waals surface area contributed by atoms with E-state index < -0.39 is 5.92 Å².